The van der Waals surface area contributed by atoms with Crippen molar-refractivity contribution in [2.75, 3.05) is 0 Å². The number of primary amides is 1. The molecule has 14 heteroatoms. The molecule has 2 fully saturated rings. The number of benzene rings is 1. The van der Waals surface area contributed by atoms with E-state index in [9.17, 15) is 27.2 Å². The molecule has 4 aromatic rings. The second-order valence-corrected chi connectivity index (χ2v) is 10.2. The molecule has 0 unspecified atom stereocenters. The van der Waals surface area contributed by atoms with Crippen molar-refractivity contribution in [1.29, 1.82) is 0 Å². The van der Waals surface area contributed by atoms with Gasteiger partial charge < -0.3 is 15.8 Å². The molecule has 1 spiro atoms. The van der Waals surface area contributed by atoms with Crippen LogP contribution in [0.2, 0.25) is 0 Å². The molecule has 10 nitrogen and oxygen atoms in total. The number of alkyl halides is 4. The van der Waals surface area contributed by atoms with Crippen LogP contribution in [0.25, 0.3) is 22.0 Å². The van der Waals surface area contributed by atoms with Crippen LogP contribution in [0.3, 0.4) is 0 Å². The van der Waals surface area contributed by atoms with Gasteiger partial charge in [0.1, 0.15) is 11.7 Å². The van der Waals surface area contributed by atoms with Crippen molar-refractivity contribution < 1.29 is 31.9 Å². The normalized spacial score (nSPS) is 21.9. The van der Waals surface area contributed by atoms with Crippen LogP contribution in [0.5, 0.6) is 5.88 Å². The van der Waals surface area contributed by atoms with E-state index in [0.717, 1.165) is 19.0 Å². The number of fused-ring (bicyclic) bond motifs is 1. The van der Waals surface area contributed by atoms with Crippen LogP contribution >= 0.6 is 0 Å². The average molecular weight is 558 g/mol. The predicted octanol–water partition coefficient (Wildman–Crippen LogP) is 4.30. The van der Waals surface area contributed by atoms with Crippen LogP contribution in [-0.2, 0) is 0 Å². The highest BCUT2D eigenvalue weighted by atomic mass is 19.3. The number of halogens is 4. The highest BCUT2D eigenvalue weighted by Crippen LogP contribution is 2.56. The molecule has 3 aromatic heterocycles. The molecule has 3 N–H and O–H groups in total. The van der Waals surface area contributed by atoms with Crippen LogP contribution in [0.15, 0.2) is 48.9 Å². The third-order valence-corrected chi connectivity index (χ3v) is 7.57. The minimum Gasteiger partial charge on any atom is -0.474 e. The van der Waals surface area contributed by atoms with Crippen LogP contribution < -0.4 is 15.8 Å². The molecule has 208 valence electrons. The highest BCUT2D eigenvalue weighted by molar-refractivity contribution is 6.05. The molecule has 2 aliphatic rings. The summed E-state index contributed by atoms with van der Waals surface area (Å²) in [5, 5.41) is 10.5. The Kier molecular flexibility index (Phi) is 6.19. The molecule has 1 aromatic carbocycles. The lowest BCUT2D eigenvalue weighted by atomic mass is 9.53. The van der Waals surface area contributed by atoms with Gasteiger partial charge in [0, 0.05) is 29.4 Å². The third-order valence-electron chi connectivity index (χ3n) is 7.57. The van der Waals surface area contributed by atoms with Gasteiger partial charge in [-0.05, 0) is 60.9 Å². The molecule has 0 aliphatic heterocycles. The quantitative estimate of drug-likeness (QED) is 0.311. The minimum absolute atomic E-state index is 0.00337. The fraction of sp³-hybridized carbons (Fsp3) is 0.346. The summed E-state index contributed by atoms with van der Waals surface area (Å²) in [7, 11) is 0. The number of nitrogens with two attached hydrogens (primary N) is 1. The van der Waals surface area contributed by atoms with E-state index in [2.05, 4.69) is 20.5 Å². The van der Waals surface area contributed by atoms with E-state index in [4.69, 9.17) is 10.5 Å². The first-order chi connectivity index (χ1) is 19.1. The van der Waals surface area contributed by atoms with E-state index in [1.165, 1.54) is 24.5 Å². The fourth-order valence-corrected chi connectivity index (χ4v) is 5.72. The number of hydrogen-bond acceptors (Lipinski definition) is 6. The second kappa shape index (κ2) is 9.61. The molecule has 0 bridgehead atoms. The van der Waals surface area contributed by atoms with E-state index in [1.807, 2.05) is 0 Å². The van der Waals surface area contributed by atoms with Gasteiger partial charge in [-0.1, -0.05) is 6.07 Å². The Hall–Kier alpha value is -4.49. The number of aromatic nitrogens is 5. The first-order valence-corrected chi connectivity index (χ1v) is 12.5. The maximum Gasteiger partial charge on any atom is 0.333 e. The van der Waals surface area contributed by atoms with Crippen molar-refractivity contribution >= 4 is 22.7 Å². The largest absolute Gasteiger partial charge is 0.474 e. The van der Waals surface area contributed by atoms with Crippen LogP contribution in [0.1, 0.15) is 59.6 Å². The number of nitrogens with zero attached hydrogens (tertiary/aromatic N) is 5. The topological polar surface area (TPSA) is 130 Å². The summed E-state index contributed by atoms with van der Waals surface area (Å²) >= 11 is 0. The lowest BCUT2D eigenvalue weighted by Gasteiger charge is -2.57. The number of ether oxygens (including phenoxy) is 1. The average Bonchev–Trinajstić information content (AvgIpc) is 3.52. The molecule has 6 rings (SSSR count). The molecule has 0 radical (unpaired) electrons. The van der Waals surface area contributed by atoms with Crippen molar-refractivity contribution in [2.45, 2.75) is 50.9 Å². The number of pyridine rings is 1. The highest BCUT2D eigenvalue weighted by Gasteiger charge is 2.54. The van der Waals surface area contributed by atoms with Crippen molar-refractivity contribution in [1.82, 2.24) is 29.9 Å². The van der Waals surface area contributed by atoms with Gasteiger partial charge in [-0.25, -0.2) is 14.3 Å². The summed E-state index contributed by atoms with van der Waals surface area (Å²) in [5.74, 6) is -0.995. The Balaban J connectivity index is 1.11. The van der Waals surface area contributed by atoms with Gasteiger partial charge in [0.15, 0.2) is 5.69 Å². The van der Waals surface area contributed by atoms with Crippen LogP contribution in [0.4, 0.5) is 17.6 Å². The van der Waals surface area contributed by atoms with Gasteiger partial charge in [-0.2, -0.15) is 27.8 Å². The Labute approximate surface area is 224 Å². The summed E-state index contributed by atoms with van der Waals surface area (Å²) < 4.78 is 60.1. The van der Waals surface area contributed by atoms with Crippen LogP contribution in [-0.4, -0.2) is 48.5 Å². The fourth-order valence-electron chi connectivity index (χ4n) is 5.72. The lowest BCUT2D eigenvalue weighted by Crippen LogP contribution is -2.58. The smallest absolute Gasteiger partial charge is 0.333 e. The number of nitrogens with one attached hydrogen (secondary N) is 1. The van der Waals surface area contributed by atoms with Gasteiger partial charge >= 0.3 is 13.1 Å². The molecular weight excluding hydrogens is 534 g/mol. The Morgan fingerprint density at radius 3 is 2.52 bits per heavy atom. The Morgan fingerprint density at radius 1 is 1.07 bits per heavy atom. The molecule has 40 heavy (non-hydrogen) atoms. The standard InChI is InChI=1S/C26H23F4N7O3/c27-24(28)36-12-14(11-33-36)13-3-4-17-19(6-13)37(25(29)30)35-20(17)22(39)34-15-7-26(8-15)9-16(10-26)40-23-18(21(31)38)2-1-5-32-23/h1-6,11-12,15-16,24-25H,7-10H2,(H2,31,38)(H,34,39). The zero-order chi connectivity index (χ0) is 28.2. The molecule has 0 saturated heterocycles. The summed E-state index contributed by atoms with van der Waals surface area (Å²) in [4.78, 5) is 28.7. The number of hydrogen-bond donors (Lipinski definition) is 2. The summed E-state index contributed by atoms with van der Waals surface area (Å²) in [6.07, 6.45) is 6.54. The van der Waals surface area contributed by atoms with Crippen molar-refractivity contribution in [2.24, 2.45) is 11.1 Å². The van der Waals surface area contributed by atoms with Gasteiger partial charge in [0.25, 0.3) is 11.8 Å². The number of carbonyl (C=O) groups excluding carboxylic acids is 2. The second-order valence-electron chi connectivity index (χ2n) is 10.2. The van der Waals surface area contributed by atoms with E-state index in [1.54, 1.807) is 18.2 Å². The molecule has 2 amide bonds. The number of amides is 2. The van der Waals surface area contributed by atoms with E-state index < -0.39 is 24.9 Å². The van der Waals surface area contributed by atoms with Crippen molar-refractivity contribution in [3.05, 3.63) is 60.2 Å². The van der Waals surface area contributed by atoms with Crippen LogP contribution in [0, 0.1) is 5.41 Å². The molecule has 2 saturated carbocycles. The molecule has 2 aliphatic carbocycles. The van der Waals surface area contributed by atoms with Gasteiger partial charge in [-0.15, -0.1) is 0 Å². The Bertz CT molecular complexity index is 1600. The zero-order valence-corrected chi connectivity index (χ0v) is 20.8. The Morgan fingerprint density at radius 2 is 1.85 bits per heavy atom. The first kappa shape index (κ1) is 25.8. The van der Waals surface area contributed by atoms with E-state index in [0.29, 0.717) is 33.3 Å². The summed E-state index contributed by atoms with van der Waals surface area (Å²) in [6.45, 7) is -5.85. The van der Waals surface area contributed by atoms with Gasteiger partial charge in [-0.3, -0.25) is 9.59 Å². The zero-order valence-electron chi connectivity index (χ0n) is 20.8. The third kappa shape index (κ3) is 4.52. The van der Waals surface area contributed by atoms with Crippen molar-refractivity contribution in [3.8, 4) is 17.0 Å². The van der Waals surface area contributed by atoms with Crippen molar-refractivity contribution in [3.63, 3.8) is 0 Å². The summed E-state index contributed by atoms with van der Waals surface area (Å²) in [6, 6.07) is 7.38. The maximum atomic E-state index is 13.8. The SMILES string of the molecule is NC(=O)c1cccnc1OC1CC2(CC(NC(=O)c3nn(C(F)F)c4cc(-c5cnn(C(F)F)c5)ccc34)C2)C1. The monoisotopic (exact) mass is 557 g/mol. The minimum atomic E-state index is -3.02. The number of carbonyl (C=O) groups is 2. The molecule has 3 heterocycles. The van der Waals surface area contributed by atoms with Gasteiger partial charge in [0.05, 0.1) is 11.7 Å². The number of rotatable bonds is 8. The molecule has 0 atom stereocenters. The lowest BCUT2D eigenvalue weighted by molar-refractivity contribution is -0.0848. The molecular formula is C26H23F4N7O3. The summed E-state index contributed by atoms with van der Waals surface area (Å²) in [5.41, 5.74) is 6.13. The van der Waals surface area contributed by atoms with E-state index >= 15 is 0 Å². The maximum absolute atomic E-state index is 13.8. The predicted molar refractivity (Wildman–Crippen MR) is 133 cm³/mol. The first-order valence-electron chi connectivity index (χ1n) is 12.5. The van der Waals surface area contributed by atoms with Gasteiger partial charge in [0.2, 0.25) is 5.88 Å². The van der Waals surface area contributed by atoms with E-state index in [-0.39, 0.29) is 45.6 Å².